The van der Waals surface area contributed by atoms with Crippen molar-refractivity contribution >= 4 is 27.8 Å². The van der Waals surface area contributed by atoms with Crippen molar-refractivity contribution in [3.8, 4) is 17.0 Å². The maximum Gasteiger partial charge on any atom is 0.242 e. The molecule has 0 saturated heterocycles. The lowest BCUT2D eigenvalue weighted by molar-refractivity contribution is -0.124. The standard InChI is InChI=1S/C23H27N5O2/c1-14(22(29)26-13-23(2,3)24)28-12-18(17-11-16(30-4)7-8-20(17)28)19-10-15-6-5-9-25-21(15)27-19/h5-12,14H,13,24H2,1-4H3,(H,25,27)(H,26,29). The predicted molar refractivity (Wildman–Crippen MR) is 120 cm³/mol. The van der Waals surface area contributed by atoms with Gasteiger partial charge in [0.15, 0.2) is 0 Å². The number of nitrogens with zero attached hydrogens (tertiary/aromatic N) is 2. The van der Waals surface area contributed by atoms with E-state index in [0.29, 0.717) is 6.54 Å². The van der Waals surface area contributed by atoms with Gasteiger partial charge in [-0.3, -0.25) is 4.79 Å². The van der Waals surface area contributed by atoms with Gasteiger partial charge in [-0.05, 0) is 57.2 Å². The molecule has 3 heterocycles. The highest BCUT2D eigenvalue weighted by Crippen LogP contribution is 2.35. The average Bonchev–Trinajstić information content (AvgIpc) is 3.31. The summed E-state index contributed by atoms with van der Waals surface area (Å²) in [7, 11) is 1.65. The van der Waals surface area contributed by atoms with Crippen molar-refractivity contribution in [3.05, 3.63) is 48.8 Å². The third-order valence-corrected chi connectivity index (χ3v) is 5.24. The molecule has 0 fully saturated rings. The number of fused-ring (bicyclic) bond motifs is 2. The monoisotopic (exact) mass is 405 g/mol. The molecule has 1 aromatic carbocycles. The Balaban J connectivity index is 1.80. The number of rotatable bonds is 6. The molecule has 7 heteroatoms. The molecule has 4 rings (SSSR count). The molecule has 156 valence electrons. The first kappa shape index (κ1) is 20.0. The van der Waals surface area contributed by atoms with Gasteiger partial charge in [0.25, 0.3) is 0 Å². The summed E-state index contributed by atoms with van der Waals surface area (Å²) in [5, 5.41) is 4.99. The molecule has 1 unspecified atom stereocenters. The van der Waals surface area contributed by atoms with Crippen LogP contribution in [0.5, 0.6) is 5.75 Å². The number of amides is 1. The van der Waals surface area contributed by atoms with Crippen LogP contribution in [-0.2, 0) is 4.79 Å². The minimum absolute atomic E-state index is 0.0777. The van der Waals surface area contributed by atoms with Crippen molar-refractivity contribution in [2.24, 2.45) is 5.73 Å². The van der Waals surface area contributed by atoms with E-state index in [4.69, 9.17) is 10.5 Å². The number of carbonyl (C=O) groups excluding carboxylic acids is 1. The molecule has 0 aliphatic carbocycles. The molecule has 3 aromatic heterocycles. The minimum atomic E-state index is -0.468. The van der Waals surface area contributed by atoms with Gasteiger partial charge in [0, 0.05) is 52.0 Å². The van der Waals surface area contributed by atoms with Gasteiger partial charge in [-0.15, -0.1) is 0 Å². The highest BCUT2D eigenvalue weighted by Gasteiger charge is 2.22. The van der Waals surface area contributed by atoms with Gasteiger partial charge in [0.1, 0.15) is 17.4 Å². The SMILES string of the molecule is COc1ccc2c(c1)c(-c1cc3cccnc3[nH]1)cn2C(C)C(=O)NCC(C)(C)N. The first-order valence-electron chi connectivity index (χ1n) is 9.96. The first-order valence-corrected chi connectivity index (χ1v) is 9.96. The van der Waals surface area contributed by atoms with Crippen molar-refractivity contribution in [1.29, 1.82) is 0 Å². The number of H-pyrrole nitrogens is 1. The van der Waals surface area contributed by atoms with Crippen LogP contribution in [0.1, 0.15) is 26.8 Å². The first-order chi connectivity index (χ1) is 14.3. The molecule has 4 N–H and O–H groups in total. The Morgan fingerprint density at radius 1 is 1.33 bits per heavy atom. The van der Waals surface area contributed by atoms with E-state index in [1.54, 1.807) is 13.3 Å². The number of aromatic nitrogens is 3. The zero-order valence-electron chi connectivity index (χ0n) is 17.7. The van der Waals surface area contributed by atoms with Crippen LogP contribution in [-0.4, -0.2) is 39.6 Å². The van der Waals surface area contributed by atoms with E-state index in [-0.39, 0.29) is 5.91 Å². The molecule has 1 atom stereocenters. The number of benzene rings is 1. The summed E-state index contributed by atoms with van der Waals surface area (Å²) in [6.07, 6.45) is 3.77. The van der Waals surface area contributed by atoms with Crippen LogP contribution in [0.2, 0.25) is 0 Å². The number of carbonyl (C=O) groups is 1. The van der Waals surface area contributed by atoms with Gasteiger partial charge in [-0.25, -0.2) is 4.98 Å². The van der Waals surface area contributed by atoms with Crippen LogP contribution in [0.15, 0.2) is 48.8 Å². The smallest absolute Gasteiger partial charge is 0.242 e. The van der Waals surface area contributed by atoms with Gasteiger partial charge < -0.3 is 25.3 Å². The summed E-state index contributed by atoms with van der Waals surface area (Å²) in [5.41, 5.74) is 9.25. The molecular weight excluding hydrogens is 378 g/mol. The number of hydrogen-bond donors (Lipinski definition) is 3. The normalized spacial score (nSPS) is 13.0. The molecule has 30 heavy (non-hydrogen) atoms. The summed E-state index contributed by atoms with van der Waals surface area (Å²) in [6.45, 7) is 6.07. The van der Waals surface area contributed by atoms with Crippen LogP contribution >= 0.6 is 0 Å². The van der Waals surface area contributed by atoms with E-state index in [2.05, 4.69) is 21.4 Å². The summed E-state index contributed by atoms with van der Waals surface area (Å²) in [6, 6.07) is 11.5. The zero-order valence-corrected chi connectivity index (χ0v) is 17.7. The summed E-state index contributed by atoms with van der Waals surface area (Å²) in [4.78, 5) is 20.6. The molecule has 0 radical (unpaired) electrons. The van der Waals surface area contributed by atoms with E-state index < -0.39 is 11.6 Å². The van der Waals surface area contributed by atoms with E-state index in [1.165, 1.54) is 0 Å². The van der Waals surface area contributed by atoms with E-state index in [1.807, 2.05) is 61.9 Å². The van der Waals surface area contributed by atoms with Gasteiger partial charge >= 0.3 is 0 Å². The van der Waals surface area contributed by atoms with Crippen LogP contribution in [0.25, 0.3) is 33.2 Å². The lowest BCUT2D eigenvalue weighted by Crippen LogP contribution is -2.46. The van der Waals surface area contributed by atoms with Crippen molar-refractivity contribution < 1.29 is 9.53 Å². The number of methoxy groups -OCH3 is 1. The number of pyridine rings is 1. The summed E-state index contributed by atoms with van der Waals surface area (Å²) >= 11 is 0. The fourth-order valence-corrected chi connectivity index (χ4v) is 3.59. The van der Waals surface area contributed by atoms with Crippen molar-refractivity contribution in [2.45, 2.75) is 32.4 Å². The average molecular weight is 406 g/mol. The Morgan fingerprint density at radius 3 is 2.83 bits per heavy atom. The van der Waals surface area contributed by atoms with E-state index >= 15 is 0 Å². The second kappa shape index (κ2) is 7.50. The zero-order chi connectivity index (χ0) is 21.5. The fraction of sp³-hybridized carbons (Fsp3) is 0.304. The molecule has 1 amide bonds. The van der Waals surface area contributed by atoms with Crippen molar-refractivity contribution in [1.82, 2.24) is 19.9 Å². The van der Waals surface area contributed by atoms with E-state index in [9.17, 15) is 4.79 Å². The number of nitrogens with two attached hydrogens (primary N) is 1. The quantitative estimate of drug-likeness (QED) is 0.456. The minimum Gasteiger partial charge on any atom is -0.497 e. The third-order valence-electron chi connectivity index (χ3n) is 5.24. The molecule has 0 saturated carbocycles. The molecule has 0 bridgehead atoms. The van der Waals surface area contributed by atoms with Crippen LogP contribution in [0, 0.1) is 0 Å². The second-order valence-electron chi connectivity index (χ2n) is 8.34. The Hall–Kier alpha value is -3.32. The van der Waals surface area contributed by atoms with E-state index in [0.717, 1.165) is 38.9 Å². The Kier molecular flexibility index (Phi) is 4.99. The highest BCUT2D eigenvalue weighted by atomic mass is 16.5. The van der Waals surface area contributed by atoms with Gasteiger partial charge in [-0.1, -0.05) is 0 Å². The highest BCUT2D eigenvalue weighted by molar-refractivity contribution is 5.99. The number of ether oxygens (including phenoxy) is 1. The maximum atomic E-state index is 12.8. The van der Waals surface area contributed by atoms with Gasteiger partial charge in [0.2, 0.25) is 5.91 Å². The molecule has 0 aliphatic heterocycles. The van der Waals surface area contributed by atoms with Crippen molar-refractivity contribution in [3.63, 3.8) is 0 Å². The van der Waals surface area contributed by atoms with Crippen molar-refractivity contribution in [2.75, 3.05) is 13.7 Å². The second-order valence-corrected chi connectivity index (χ2v) is 8.34. The number of hydrogen-bond acceptors (Lipinski definition) is 4. The number of nitrogens with one attached hydrogen (secondary N) is 2. The number of aromatic amines is 1. The Bertz CT molecular complexity index is 1180. The summed E-state index contributed by atoms with van der Waals surface area (Å²) in [5.74, 6) is 0.684. The van der Waals surface area contributed by atoms with Gasteiger partial charge in [-0.2, -0.15) is 0 Å². The largest absolute Gasteiger partial charge is 0.497 e. The van der Waals surface area contributed by atoms with Crippen LogP contribution < -0.4 is 15.8 Å². The lowest BCUT2D eigenvalue weighted by Gasteiger charge is -2.21. The lowest BCUT2D eigenvalue weighted by atomic mass is 10.1. The third kappa shape index (κ3) is 3.76. The molecular formula is C23H27N5O2. The summed E-state index contributed by atoms with van der Waals surface area (Å²) < 4.78 is 7.43. The van der Waals surface area contributed by atoms with Crippen LogP contribution in [0.3, 0.4) is 0 Å². The van der Waals surface area contributed by atoms with Gasteiger partial charge in [0.05, 0.1) is 7.11 Å². The molecule has 0 aliphatic rings. The topological polar surface area (TPSA) is 98.0 Å². The maximum absolute atomic E-state index is 12.8. The fourth-order valence-electron chi connectivity index (χ4n) is 3.59. The predicted octanol–water partition coefficient (Wildman–Crippen LogP) is 3.61. The Labute approximate surface area is 175 Å². The molecule has 7 nitrogen and oxygen atoms in total. The van der Waals surface area contributed by atoms with Crippen LogP contribution in [0.4, 0.5) is 0 Å². The molecule has 4 aromatic rings. The Morgan fingerprint density at radius 2 is 2.13 bits per heavy atom. The molecule has 0 spiro atoms.